The van der Waals surface area contributed by atoms with E-state index in [-0.39, 0.29) is 11.3 Å². The van der Waals surface area contributed by atoms with Crippen LogP contribution in [0.3, 0.4) is 0 Å². The first kappa shape index (κ1) is 15.8. The van der Waals surface area contributed by atoms with Gasteiger partial charge in [0.2, 0.25) is 0 Å². The van der Waals surface area contributed by atoms with Crippen molar-refractivity contribution in [2.75, 3.05) is 6.54 Å². The Balaban J connectivity index is 2.02. The largest absolute Gasteiger partial charge is 0.351 e. The Morgan fingerprint density at radius 3 is 2.43 bits per heavy atom. The minimum absolute atomic E-state index is 0.00981. The first-order valence-corrected chi connectivity index (χ1v) is 8.00. The highest BCUT2D eigenvalue weighted by molar-refractivity contribution is 6.21. The van der Waals surface area contributed by atoms with E-state index in [9.17, 15) is 4.79 Å². The fourth-order valence-corrected chi connectivity index (χ4v) is 3.02. The molecule has 2 aromatic carbocycles. The predicted octanol–water partition coefficient (Wildman–Crippen LogP) is 4.61. The number of hydrogen-bond donors (Lipinski definition) is 1. The van der Waals surface area contributed by atoms with Gasteiger partial charge in [-0.25, -0.2) is 0 Å². The molecule has 2 rings (SSSR count). The summed E-state index contributed by atoms with van der Waals surface area (Å²) in [7, 11) is 0. The van der Waals surface area contributed by atoms with Gasteiger partial charge in [0.05, 0.1) is 5.38 Å². The quantitative estimate of drug-likeness (QED) is 0.776. The van der Waals surface area contributed by atoms with Gasteiger partial charge in [0, 0.05) is 12.1 Å². The van der Waals surface area contributed by atoms with Crippen LogP contribution < -0.4 is 5.32 Å². The Morgan fingerprint density at radius 1 is 1.10 bits per heavy atom. The molecule has 1 amide bonds. The van der Waals surface area contributed by atoms with E-state index >= 15 is 0 Å². The molecule has 1 atom stereocenters. The molecule has 3 heteroatoms. The first-order valence-electron chi connectivity index (χ1n) is 7.56. The fraction of sp³-hybridized carbons (Fsp3) is 0.389. The summed E-state index contributed by atoms with van der Waals surface area (Å²) in [5.41, 5.74) is 0.683. The summed E-state index contributed by atoms with van der Waals surface area (Å²) in [4.78, 5) is 12.2. The summed E-state index contributed by atoms with van der Waals surface area (Å²) < 4.78 is 0. The fourth-order valence-electron chi connectivity index (χ4n) is 2.59. The van der Waals surface area contributed by atoms with Crippen LogP contribution in [0.5, 0.6) is 0 Å². The second kappa shape index (κ2) is 7.46. The van der Waals surface area contributed by atoms with Crippen LogP contribution in [0.1, 0.15) is 37.0 Å². The third kappa shape index (κ3) is 3.98. The molecule has 2 aromatic rings. The zero-order valence-corrected chi connectivity index (χ0v) is 13.4. The normalized spacial score (nSPS) is 12.6. The van der Waals surface area contributed by atoms with E-state index in [1.165, 1.54) is 0 Å². The first-order chi connectivity index (χ1) is 10.2. The number of rotatable bonds is 6. The second-order valence-corrected chi connectivity index (χ2v) is 5.93. The van der Waals surface area contributed by atoms with Crippen LogP contribution in [0.25, 0.3) is 10.8 Å². The van der Waals surface area contributed by atoms with Crippen molar-refractivity contribution in [3.8, 4) is 0 Å². The summed E-state index contributed by atoms with van der Waals surface area (Å²) >= 11 is 6.36. The molecule has 112 valence electrons. The van der Waals surface area contributed by atoms with E-state index < -0.39 is 0 Å². The topological polar surface area (TPSA) is 29.1 Å². The van der Waals surface area contributed by atoms with Crippen molar-refractivity contribution in [2.24, 2.45) is 5.92 Å². The lowest BCUT2D eigenvalue weighted by molar-refractivity contribution is 0.0951. The number of amides is 1. The molecule has 0 fully saturated rings. The average molecular weight is 304 g/mol. The molecule has 0 aromatic heterocycles. The lowest BCUT2D eigenvalue weighted by Gasteiger charge is -2.19. The molecule has 21 heavy (non-hydrogen) atoms. The standard InChI is InChI=1S/C18H22ClNO/c1-3-13(4-2)17(19)12-20-18(21)16-10-9-14-7-5-6-8-15(14)11-16/h5-11,13,17H,3-4,12H2,1-2H3,(H,20,21). The summed E-state index contributed by atoms with van der Waals surface area (Å²) in [5, 5.41) is 5.15. The van der Waals surface area contributed by atoms with Crippen molar-refractivity contribution in [3.63, 3.8) is 0 Å². The number of nitrogens with one attached hydrogen (secondary N) is 1. The van der Waals surface area contributed by atoms with Crippen molar-refractivity contribution in [1.82, 2.24) is 5.32 Å². The summed E-state index contributed by atoms with van der Waals surface area (Å²) in [6.45, 7) is 4.78. The molecule has 0 aliphatic heterocycles. The lowest BCUT2D eigenvalue weighted by atomic mass is 9.99. The van der Waals surface area contributed by atoms with Crippen LogP contribution in [-0.2, 0) is 0 Å². The molecule has 1 N–H and O–H groups in total. The van der Waals surface area contributed by atoms with Gasteiger partial charge in [0.25, 0.3) is 5.91 Å². The van der Waals surface area contributed by atoms with Gasteiger partial charge in [-0.1, -0.05) is 57.0 Å². The second-order valence-electron chi connectivity index (χ2n) is 5.36. The van der Waals surface area contributed by atoms with Crippen molar-refractivity contribution in [2.45, 2.75) is 32.1 Å². The Hall–Kier alpha value is -1.54. The van der Waals surface area contributed by atoms with Crippen LogP contribution in [0.4, 0.5) is 0 Å². The van der Waals surface area contributed by atoms with Gasteiger partial charge in [-0.15, -0.1) is 11.6 Å². The minimum Gasteiger partial charge on any atom is -0.351 e. The number of carbonyl (C=O) groups is 1. The Labute approximate surface area is 131 Å². The van der Waals surface area contributed by atoms with E-state index in [4.69, 9.17) is 11.6 Å². The molecule has 0 saturated heterocycles. The molecule has 0 saturated carbocycles. The Morgan fingerprint density at radius 2 is 1.76 bits per heavy atom. The van der Waals surface area contributed by atoms with Gasteiger partial charge in [0.1, 0.15) is 0 Å². The van der Waals surface area contributed by atoms with E-state index in [1.807, 2.05) is 42.5 Å². The smallest absolute Gasteiger partial charge is 0.251 e. The van der Waals surface area contributed by atoms with Gasteiger partial charge in [0.15, 0.2) is 0 Å². The molecule has 0 bridgehead atoms. The number of hydrogen-bond acceptors (Lipinski definition) is 1. The molecular formula is C18H22ClNO. The van der Waals surface area contributed by atoms with Crippen LogP contribution in [0, 0.1) is 5.92 Å². The highest BCUT2D eigenvalue weighted by Crippen LogP contribution is 2.18. The third-order valence-electron chi connectivity index (χ3n) is 4.03. The number of halogens is 1. The van der Waals surface area contributed by atoms with E-state index in [2.05, 4.69) is 19.2 Å². The maximum Gasteiger partial charge on any atom is 0.251 e. The Kier molecular flexibility index (Phi) is 5.63. The SMILES string of the molecule is CCC(CC)C(Cl)CNC(=O)c1ccc2ccccc2c1. The van der Waals surface area contributed by atoms with Crippen LogP contribution in [0.2, 0.25) is 0 Å². The third-order valence-corrected chi connectivity index (χ3v) is 4.54. The van der Waals surface area contributed by atoms with Crippen molar-refractivity contribution < 1.29 is 4.79 Å². The van der Waals surface area contributed by atoms with Gasteiger partial charge < -0.3 is 5.32 Å². The number of carbonyl (C=O) groups excluding carboxylic acids is 1. The Bertz CT molecular complexity index is 607. The molecule has 0 aliphatic rings. The monoisotopic (exact) mass is 303 g/mol. The molecule has 2 nitrogen and oxygen atoms in total. The van der Waals surface area contributed by atoms with Crippen molar-refractivity contribution >= 4 is 28.3 Å². The maximum atomic E-state index is 12.2. The zero-order valence-electron chi connectivity index (χ0n) is 12.6. The molecular weight excluding hydrogens is 282 g/mol. The molecule has 0 radical (unpaired) electrons. The van der Waals surface area contributed by atoms with Crippen LogP contribution in [0.15, 0.2) is 42.5 Å². The van der Waals surface area contributed by atoms with Crippen molar-refractivity contribution in [3.05, 3.63) is 48.0 Å². The van der Waals surface area contributed by atoms with Crippen molar-refractivity contribution in [1.29, 1.82) is 0 Å². The number of fused-ring (bicyclic) bond motifs is 1. The lowest BCUT2D eigenvalue weighted by Crippen LogP contribution is -2.33. The van der Waals surface area contributed by atoms with Crippen LogP contribution >= 0.6 is 11.6 Å². The van der Waals surface area contributed by atoms with E-state index in [0.717, 1.165) is 23.6 Å². The van der Waals surface area contributed by atoms with Gasteiger partial charge >= 0.3 is 0 Å². The molecule has 1 unspecified atom stereocenters. The molecule has 0 spiro atoms. The zero-order chi connectivity index (χ0) is 15.2. The molecule has 0 heterocycles. The van der Waals surface area contributed by atoms with Crippen LogP contribution in [-0.4, -0.2) is 17.8 Å². The number of benzene rings is 2. The summed E-state index contributed by atoms with van der Waals surface area (Å²) in [6.07, 6.45) is 2.08. The highest BCUT2D eigenvalue weighted by atomic mass is 35.5. The summed E-state index contributed by atoms with van der Waals surface area (Å²) in [5.74, 6) is 0.390. The van der Waals surface area contributed by atoms with Gasteiger partial charge in [-0.05, 0) is 28.8 Å². The summed E-state index contributed by atoms with van der Waals surface area (Å²) in [6, 6.07) is 13.8. The van der Waals surface area contributed by atoms with Gasteiger partial charge in [-0.3, -0.25) is 4.79 Å². The highest BCUT2D eigenvalue weighted by Gasteiger charge is 2.17. The number of alkyl halides is 1. The average Bonchev–Trinajstić information content (AvgIpc) is 2.53. The molecule has 0 aliphatic carbocycles. The van der Waals surface area contributed by atoms with E-state index in [0.29, 0.717) is 18.0 Å². The van der Waals surface area contributed by atoms with E-state index in [1.54, 1.807) is 0 Å². The predicted molar refractivity (Wildman–Crippen MR) is 90.0 cm³/mol. The maximum absolute atomic E-state index is 12.2. The van der Waals surface area contributed by atoms with Gasteiger partial charge in [-0.2, -0.15) is 0 Å². The minimum atomic E-state index is -0.0580.